The average molecular weight is 391 g/mol. The molecule has 0 unspecified atom stereocenters. The summed E-state index contributed by atoms with van der Waals surface area (Å²) in [5.41, 5.74) is 0.861. The summed E-state index contributed by atoms with van der Waals surface area (Å²) in [6.07, 6.45) is 0. The van der Waals surface area contributed by atoms with Gasteiger partial charge in [0.1, 0.15) is 22.1 Å². The van der Waals surface area contributed by atoms with Gasteiger partial charge >= 0.3 is 5.97 Å². The number of furan rings is 1. The summed E-state index contributed by atoms with van der Waals surface area (Å²) in [5, 5.41) is 7.65. The van der Waals surface area contributed by atoms with Gasteiger partial charge in [0.05, 0.1) is 19.7 Å². The van der Waals surface area contributed by atoms with Crippen LogP contribution in [0, 0.1) is 6.92 Å². The number of aryl methyl sites for hydroxylation is 1. The Labute approximate surface area is 160 Å². The molecule has 9 heteroatoms. The van der Waals surface area contributed by atoms with Gasteiger partial charge in [-0.15, -0.1) is 11.3 Å². The van der Waals surface area contributed by atoms with Crippen LogP contribution in [0.25, 0.3) is 11.3 Å². The molecule has 0 spiro atoms. The fourth-order valence-electron chi connectivity index (χ4n) is 2.81. The maximum absolute atomic E-state index is 12.5. The van der Waals surface area contributed by atoms with Gasteiger partial charge in [-0.2, -0.15) is 0 Å². The number of carbonyl (C=O) groups excluding carboxylic acids is 3. The first-order valence-corrected chi connectivity index (χ1v) is 9.50. The monoisotopic (exact) mass is 391 g/mol. The molecule has 3 rings (SSSR count). The summed E-state index contributed by atoms with van der Waals surface area (Å²) in [7, 11) is 0. The Morgan fingerprint density at radius 1 is 1.41 bits per heavy atom. The van der Waals surface area contributed by atoms with E-state index in [1.165, 1.54) is 11.3 Å². The summed E-state index contributed by atoms with van der Waals surface area (Å²) < 4.78 is 10.8. The lowest BCUT2D eigenvalue weighted by atomic mass is 10.1. The molecule has 0 aromatic carbocycles. The molecule has 1 aliphatic heterocycles. The minimum Gasteiger partial charge on any atom is -0.462 e. The third-order valence-electron chi connectivity index (χ3n) is 4.01. The Kier molecular flexibility index (Phi) is 5.92. The maximum atomic E-state index is 12.5. The van der Waals surface area contributed by atoms with Gasteiger partial charge in [0.2, 0.25) is 11.8 Å². The third kappa shape index (κ3) is 4.55. The van der Waals surface area contributed by atoms with Crippen molar-refractivity contribution >= 4 is 34.1 Å². The topological polar surface area (TPSA) is 101 Å². The van der Waals surface area contributed by atoms with Crippen LogP contribution in [-0.4, -0.2) is 55.5 Å². The lowest BCUT2D eigenvalue weighted by Crippen LogP contribution is -2.49. The van der Waals surface area contributed by atoms with Crippen LogP contribution in [-0.2, 0) is 14.3 Å². The molecule has 8 nitrogen and oxygen atoms in total. The molecule has 2 amide bonds. The molecule has 3 heterocycles. The molecule has 2 aromatic heterocycles. The Morgan fingerprint density at radius 2 is 2.22 bits per heavy atom. The van der Waals surface area contributed by atoms with Crippen molar-refractivity contribution < 1.29 is 23.5 Å². The van der Waals surface area contributed by atoms with Crippen LogP contribution in [0.3, 0.4) is 0 Å². The fourth-order valence-corrected chi connectivity index (χ4v) is 3.77. The molecule has 1 saturated heterocycles. The number of ether oxygens (including phenoxy) is 1. The molecule has 2 N–H and O–H groups in total. The number of hydrogen-bond donors (Lipinski definition) is 2. The number of amides is 2. The zero-order valence-electron chi connectivity index (χ0n) is 15.2. The quantitative estimate of drug-likeness (QED) is 0.729. The summed E-state index contributed by atoms with van der Waals surface area (Å²) in [5.74, 6) is 0.350. The van der Waals surface area contributed by atoms with E-state index in [-0.39, 0.29) is 37.1 Å². The summed E-state index contributed by atoms with van der Waals surface area (Å²) >= 11 is 1.23. The number of piperazine rings is 1. The van der Waals surface area contributed by atoms with Crippen molar-refractivity contribution in [1.82, 2.24) is 10.2 Å². The van der Waals surface area contributed by atoms with Crippen LogP contribution in [0.1, 0.15) is 23.0 Å². The Hall–Kier alpha value is -2.65. The van der Waals surface area contributed by atoms with E-state index in [0.717, 1.165) is 5.76 Å². The largest absolute Gasteiger partial charge is 0.462 e. The molecule has 0 saturated carbocycles. The van der Waals surface area contributed by atoms with Crippen LogP contribution in [0.5, 0.6) is 0 Å². The van der Waals surface area contributed by atoms with E-state index in [0.29, 0.717) is 29.4 Å². The first-order chi connectivity index (χ1) is 13.0. The lowest BCUT2D eigenvalue weighted by Gasteiger charge is -2.25. The molecule has 2 aromatic rings. The Balaban J connectivity index is 1.79. The molecule has 27 heavy (non-hydrogen) atoms. The number of thiophene rings is 1. The van der Waals surface area contributed by atoms with Crippen molar-refractivity contribution in [1.29, 1.82) is 0 Å². The highest BCUT2D eigenvalue weighted by Gasteiger charge is 2.25. The number of rotatable bonds is 6. The minimum atomic E-state index is -0.518. The van der Waals surface area contributed by atoms with Gasteiger partial charge in [-0.25, -0.2) is 4.79 Å². The number of nitrogens with zero attached hydrogens (tertiary/aromatic N) is 1. The Bertz CT molecular complexity index is 857. The zero-order chi connectivity index (χ0) is 19.4. The molecule has 0 atom stereocenters. The second-order valence-corrected chi connectivity index (χ2v) is 6.97. The van der Waals surface area contributed by atoms with Gasteiger partial charge < -0.3 is 19.8 Å². The van der Waals surface area contributed by atoms with Gasteiger partial charge in [-0.05, 0) is 26.0 Å². The SMILES string of the molecule is CCOC(=O)c1c(-c2ccc(C)o2)csc1NC(=O)CN1CCNC(=O)C1. The smallest absolute Gasteiger partial charge is 0.341 e. The highest BCUT2D eigenvalue weighted by Crippen LogP contribution is 2.37. The van der Waals surface area contributed by atoms with E-state index < -0.39 is 5.97 Å². The highest BCUT2D eigenvalue weighted by molar-refractivity contribution is 7.15. The lowest BCUT2D eigenvalue weighted by molar-refractivity contribution is -0.125. The normalized spacial score (nSPS) is 14.7. The molecule has 0 radical (unpaired) electrons. The van der Waals surface area contributed by atoms with E-state index in [9.17, 15) is 14.4 Å². The van der Waals surface area contributed by atoms with Crippen LogP contribution >= 0.6 is 11.3 Å². The van der Waals surface area contributed by atoms with Crippen LogP contribution in [0.2, 0.25) is 0 Å². The second-order valence-electron chi connectivity index (χ2n) is 6.09. The number of nitrogens with one attached hydrogen (secondary N) is 2. The van der Waals surface area contributed by atoms with Crippen molar-refractivity contribution in [2.75, 3.05) is 38.1 Å². The predicted octanol–water partition coefficient (Wildman–Crippen LogP) is 1.86. The van der Waals surface area contributed by atoms with Crippen molar-refractivity contribution in [3.8, 4) is 11.3 Å². The predicted molar refractivity (Wildman–Crippen MR) is 101 cm³/mol. The van der Waals surface area contributed by atoms with Gasteiger partial charge in [-0.3, -0.25) is 14.5 Å². The van der Waals surface area contributed by atoms with Gasteiger partial charge in [-0.1, -0.05) is 0 Å². The number of anilines is 1. The fraction of sp³-hybridized carbons (Fsp3) is 0.389. The zero-order valence-corrected chi connectivity index (χ0v) is 16.0. The number of hydrogen-bond acceptors (Lipinski definition) is 7. The van der Waals surface area contributed by atoms with Crippen molar-refractivity contribution in [3.05, 3.63) is 28.8 Å². The molecule has 0 aliphatic carbocycles. The third-order valence-corrected chi connectivity index (χ3v) is 4.91. The highest BCUT2D eigenvalue weighted by atomic mass is 32.1. The second kappa shape index (κ2) is 8.36. The van der Waals surface area contributed by atoms with Crippen molar-refractivity contribution in [3.63, 3.8) is 0 Å². The standard InChI is InChI=1S/C18H21N3O5S/c1-3-25-18(24)16-12(13-5-4-11(2)26-13)10-27-17(16)20-15(23)9-21-7-6-19-14(22)8-21/h4-5,10H,3,6-9H2,1-2H3,(H,19,22)(H,20,23). The van der Waals surface area contributed by atoms with Crippen LogP contribution in [0.4, 0.5) is 5.00 Å². The number of carbonyl (C=O) groups is 3. The van der Waals surface area contributed by atoms with E-state index in [1.54, 1.807) is 23.3 Å². The van der Waals surface area contributed by atoms with E-state index in [4.69, 9.17) is 9.15 Å². The van der Waals surface area contributed by atoms with Crippen molar-refractivity contribution in [2.45, 2.75) is 13.8 Å². The molecule has 144 valence electrons. The summed E-state index contributed by atoms with van der Waals surface area (Å²) in [4.78, 5) is 38.1. The molecule has 1 fully saturated rings. The first-order valence-electron chi connectivity index (χ1n) is 8.62. The minimum absolute atomic E-state index is 0.0722. The summed E-state index contributed by atoms with van der Waals surface area (Å²) in [6, 6.07) is 3.58. The molecular weight excluding hydrogens is 370 g/mol. The van der Waals surface area contributed by atoms with E-state index in [2.05, 4.69) is 10.6 Å². The summed E-state index contributed by atoms with van der Waals surface area (Å²) in [6.45, 7) is 5.13. The van der Waals surface area contributed by atoms with Gasteiger partial charge in [0, 0.05) is 24.0 Å². The van der Waals surface area contributed by atoms with E-state index >= 15 is 0 Å². The van der Waals surface area contributed by atoms with E-state index in [1.807, 2.05) is 13.0 Å². The number of esters is 1. The maximum Gasteiger partial charge on any atom is 0.341 e. The van der Waals surface area contributed by atoms with Crippen molar-refractivity contribution in [2.24, 2.45) is 0 Å². The Morgan fingerprint density at radius 3 is 2.89 bits per heavy atom. The van der Waals surface area contributed by atoms with Crippen LogP contribution in [0.15, 0.2) is 21.9 Å². The average Bonchev–Trinajstić information content (AvgIpc) is 3.21. The molecule has 1 aliphatic rings. The van der Waals surface area contributed by atoms with Crippen LogP contribution < -0.4 is 10.6 Å². The molecular formula is C18H21N3O5S. The van der Waals surface area contributed by atoms with Gasteiger partial charge in [0.15, 0.2) is 0 Å². The van der Waals surface area contributed by atoms with Gasteiger partial charge in [0.25, 0.3) is 0 Å². The first kappa shape index (κ1) is 19.1. The molecule has 0 bridgehead atoms.